The Bertz CT molecular complexity index is 1240. The Hall–Kier alpha value is -2.83. The fourth-order valence-corrected chi connectivity index (χ4v) is 5.15. The first-order valence-corrected chi connectivity index (χ1v) is 12.9. The van der Waals surface area contributed by atoms with E-state index < -0.39 is 16.6 Å². The molecule has 1 aromatic heterocycles. The van der Waals surface area contributed by atoms with Crippen molar-refractivity contribution in [2.75, 3.05) is 5.75 Å². The van der Waals surface area contributed by atoms with Crippen LogP contribution in [-0.2, 0) is 28.6 Å². The molecule has 4 rings (SSSR count). The van der Waals surface area contributed by atoms with Gasteiger partial charge in [-0.3, -0.25) is 14.0 Å². The number of hydrogen-bond donors (Lipinski definition) is 0. The molecule has 0 N–H and O–H groups in total. The molecule has 0 saturated heterocycles. The maximum Gasteiger partial charge on any atom is 0.227 e. The first kappa shape index (κ1) is 24.3. The summed E-state index contributed by atoms with van der Waals surface area (Å²) in [6, 6.07) is 15.7. The van der Waals surface area contributed by atoms with Gasteiger partial charge < -0.3 is 4.90 Å². The fraction of sp³-hybridized carbons (Fsp3) is 0.259. The number of nitrogens with zero attached hydrogens (tertiary/aromatic N) is 2. The van der Waals surface area contributed by atoms with E-state index in [1.165, 1.54) is 6.07 Å². The van der Waals surface area contributed by atoms with Crippen LogP contribution in [0, 0.1) is 5.82 Å². The molecule has 0 radical (unpaired) electrons. The van der Waals surface area contributed by atoms with E-state index in [0.29, 0.717) is 28.4 Å². The molecular formula is C27H26ClFN2O2S. The van der Waals surface area contributed by atoms with Crippen LogP contribution in [0.3, 0.4) is 0 Å². The lowest BCUT2D eigenvalue weighted by molar-refractivity contribution is -0.132. The highest BCUT2D eigenvalue weighted by Gasteiger charge is 2.27. The van der Waals surface area contributed by atoms with Gasteiger partial charge in [-0.15, -0.1) is 0 Å². The summed E-state index contributed by atoms with van der Waals surface area (Å²) >= 11 is 5.94. The first-order chi connectivity index (χ1) is 16.3. The van der Waals surface area contributed by atoms with Crippen LogP contribution in [0.1, 0.15) is 36.6 Å². The lowest BCUT2D eigenvalue weighted by Crippen LogP contribution is -2.41. The second-order valence-electron chi connectivity index (χ2n) is 8.70. The number of pyridine rings is 1. The van der Waals surface area contributed by atoms with Crippen molar-refractivity contribution in [3.63, 3.8) is 0 Å². The zero-order valence-electron chi connectivity index (χ0n) is 19.1. The van der Waals surface area contributed by atoms with Crippen LogP contribution in [0.15, 0.2) is 72.3 Å². The summed E-state index contributed by atoms with van der Waals surface area (Å²) in [4.78, 5) is 19.5. The SMILES string of the molecule is CC(C)c1cc(CN(C(=O)Cc2ccc(-c3ccc(Cl)cc3)cc2F)C2C=CS(=O)C2)ccn1. The summed E-state index contributed by atoms with van der Waals surface area (Å²) in [6.45, 7) is 4.47. The summed E-state index contributed by atoms with van der Waals surface area (Å²) in [5, 5.41) is 2.24. The molecular weight excluding hydrogens is 471 g/mol. The van der Waals surface area contributed by atoms with Crippen molar-refractivity contribution in [3.8, 4) is 11.1 Å². The third-order valence-electron chi connectivity index (χ3n) is 5.87. The molecule has 2 unspecified atom stereocenters. The lowest BCUT2D eigenvalue weighted by atomic mass is 10.0. The van der Waals surface area contributed by atoms with E-state index in [4.69, 9.17) is 11.6 Å². The van der Waals surface area contributed by atoms with Crippen LogP contribution in [-0.4, -0.2) is 31.8 Å². The van der Waals surface area contributed by atoms with E-state index in [2.05, 4.69) is 18.8 Å². The van der Waals surface area contributed by atoms with Gasteiger partial charge >= 0.3 is 0 Å². The monoisotopic (exact) mass is 496 g/mol. The Balaban J connectivity index is 1.56. The van der Waals surface area contributed by atoms with Crippen LogP contribution < -0.4 is 0 Å². The van der Waals surface area contributed by atoms with Crippen molar-refractivity contribution in [2.24, 2.45) is 0 Å². The summed E-state index contributed by atoms with van der Waals surface area (Å²) < 4.78 is 27.0. The zero-order chi connectivity index (χ0) is 24.2. The van der Waals surface area contributed by atoms with Gasteiger partial charge in [0.15, 0.2) is 0 Å². The second kappa shape index (κ2) is 10.6. The average molecular weight is 497 g/mol. The highest BCUT2D eigenvalue weighted by molar-refractivity contribution is 7.88. The van der Waals surface area contributed by atoms with Gasteiger partial charge in [-0.25, -0.2) is 4.39 Å². The predicted molar refractivity (Wildman–Crippen MR) is 135 cm³/mol. The molecule has 7 heteroatoms. The molecule has 2 heterocycles. The number of carbonyl (C=O) groups excluding carboxylic acids is 1. The van der Waals surface area contributed by atoms with Gasteiger partial charge in [0.1, 0.15) is 5.82 Å². The molecule has 1 aliphatic rings. The molecule has 4 nitrogen and oxygen atoms in total. The van der Waals surface area contributed by atoms with Gasteiger partial charge in [-0.1, -0.05) is 55.8 Å². The Morgan fingerprint density at radius 2 is 1.88 bits per heavy atom. The molecule has 0 fully saturated rings. The predicted octanol–water partition coefficient (Wildman–Crippen LogP) is 5.88. The van der Waals surface area contributed by atoms with Gasteiger partial charge in [0, 0.05) is 39.7 Å². The molecule has 176 valence electrons. The molecule has 3 aromatic rings. The molecule has 1 aliphatic heterocycles. The van der Waals surface area contributed by atoms with Gasteiger partial charge in [0.2, 0.25) is 5.91 Å². The number of hydrogen-bond acceptors (Lipinski definition) is 3. The topological polar surface area (TPSA) is 50.3 Å². The Labute approximate surface area is 206 Å². The van der Waals surface area contributed by atoms with Crippen LogP contribution in [0.25, 0.3) is 11.1 Å². The van der Waals surface area contributed by atoms with E-state index >= 15 is 0 Å². The first-order valence-electron chi connectivity index (χ1n) is 11.1. The summed E-state index contributed by atoms with van der Waals surface area (Å²) in [6.07, 6.45) is 3.47. The average Bonchev–Trinajstić information content (AvgIpc) is 3.25. The number of halogens is 2. The highest BCUT2D eigenvalue weighted by atomic mass is 35.5. The fourth-order valence-electron chi connectivity index (χ4n) is 3.92. The van der Waals surface area contributed by atoms with Crippen molar-refractivity contribution in [1.29, 1.82) is 0 Å². The third-order valence-corrected chi connectivity index (χ3v) is 7.25. The number of carbonyl (C=O) groups is 1. The Morgan fingerprint density at radius 3 is 2.53 bits per heavy atom. The molecule has 1 amide bonds. The molecule has 2 atom stereocenters. The van der Waals surface area contributed by atoms with Crippen LogP contribution in [0.5, 0.6) is 0 Å². The highest BCUT2D eigenvalue weighted by Crippen LogP contribution is 2.25. The lowest BCUT2D eigenvalue weighted by Gasteiger charge is -2.28. The maximum atomic E-state index is 15.0. The van der Waals surface area contributed by atoms with Crippen LogP contribution in [0.2, 0.25) is 5.02 Å². The second-order valence-corrected chi connectivity index (χ2v) is 10.5. The maximum absolute atomic E-state index is 15.0. The minimum atomic E-state index is -1.11. The number of rotatable bonds is 7. The van der Waals surface area contributed by atoms with Gasteiger partial charge in [0.25, 0.3) is 0 Å². The van der Waals surface area contributed by atoms with E-state index in [-0.39, 0.29) is 24.3 Å². The van der Waals surface area contributed by atoms with Crippen molar-refractivity contribution in [2.45, 2.75) is 38.8 Å². The zero-order valence-corrected chi connectivity index (χ0v) is 20.7. The minimum absolute atomic E-state index is 0.0776. The van der Waals surface area contributed by atoms with Crippen molar-refractivity contribution in [3.05, 3.63) is 99.9 Å². The number of aromatic nitrogens is 1. The minimum Gasteiger partial charge on any atom is -0.331 e. The van der Waals surface area contributed by atoms with E-state index in [9.17, 15) is 13.4 Å². The normalized spacial score (nSPS) is 17.3. The van der Waals surface area contributed by atoms with E-state index in [1.807, 2.05) is 30.3 Å². The van der Waals surface area contributed by atoms with Gasteiger partial charge in [-0.2, -0.15) is 0 Å². The largest absolute Gasteiger partial charge is 0.331 e. The summed E-state index contributed by atoms with van der Waals surface area (Å²) in [7, 11) is -1.11. The van der Waals surface area contributed by atoms with E-state index in [1.54, 1.807) is 40.8 Å². The quantitative estimate of drug-likeness (QED) is 0.410. The molecule has 0 bridgehead atoms. The Morgan fingerprint density at radius 1 is 1.15 bits per heavy atom. The number of amides is 1. The standard InChI is InChI=1S/C27H26ClFN2O2S/c1-18(2)26-13-19(9-11-30-26)16-31(24-10-12-34(33)17-24)27(32)15-22-4-3-21(14-25(22)29)20-5-7-23(28)8-6-20/h3-14,18,24H,15-17H2,1-2H3. The summed E-state index contributed by atoms with van der Waals surface area (Å²) in [5.74, 6) is -0.0330. The van der Waals surface area contributed by atoms with Gasteiger partial charge in [0.05, 0.1) is 18.2 Å². The summed E-state index contributed by atoms with van der Waals surface area (Å²) in [5.41, 5.74) is 3.78. The molecule has 0 aliphatic carbocycles. The van der Waals surface area contributed by atoms with Crippen molar-refractivity contribution < 1.29 is 13.4 Å². The molecule has 34 heavy (non-hydrogen) atoms. The van der Waals surface area contributed by atoms with E-state index in [0.717, 1.165) is 16.8 Å². The number of benzene rings is 2. The molecule has 0 spiro atoms. The smallest absolute Gasteiger partial charge is 0.227 e. The van der Waals surface area contributed by atoms with Crippen LogP contribution in [0.4, 0.5) is 4.39 Å². The van der Waals surface area contributed by atoms with Crippen molar-refractivity contribution in [1.82, 2.24) is 9.88 Å². The van der Waals surface area contributed by atoms with Crippen LogP contribution >= 0.6 is 11.6 Å². The molecule has 0 saturated carbocycles. The van der Waals surface area contributed by atoms with Crippen molar-refractivity contribution >= 4 is 28.3 Å². The Kier molecular flexibility index (Phi) is 7.59. The van der Waals surface area contributed by atoms with Gasteiger partial charge in [-0.05, 0) is 58.5 Å². The third kappa shape index (κ3) is 5.80. The molecule has 2 aromatic carbocycles.